The third-order valence-electron chi connectivity index (χ3n) is 4.07. The number of nitrogens with zero attached hydrogens (tertiary/aromatic N) is 2. The van der Waals surface area contributed by atoms with Crippen molar-refractivity contribution in [2.75, 3.05) is 37.8 Å². The monoisotopic (exact) mass is 498 g/mol. The summed E-state index contributed by atoms with van der Waals surface area (Å²) in [5.41, 5.74) is 0.368. The molecule has 1 saturated heterocycles. The molecule has 0 unspecified atom stereocenters. The fraction of sp³-hybridized carbons (Fsp3) is 0.500. The van der Waals surface area contributed by atoms with Gasteiger partial charge in [-0.3, -0.25) is 9.79 Å². The Morgan fingerprint density at radius 1 is 1.38 bits per heavy atom. The van der Waals surface area contributed by atoms with E-state index in [1.807, 2.05) is 4.90 Å². The molecular formula is C16H24FIN4O3S. The standard InChI is InChI=1S/C16H23FN4O3S.HI/c1-16(2)11-21(7-8-25(16,23)24)15(18-3)19-10-14(22)20-13-6-4-5-12(17)9-13;/h4-6,9H,7-8,10-11H2,1-3H3,(H,18,19)(H,20,22);1H. The molecule has 1 amide bonds. The first-order valence-corrected chi connectivity index (χ1v) is 9.53. The molecule has 1 aliphatic heterocycles. The van der Waals surface area contributed by atoms with Gasteiger partial charge in [0.1, 0.15) is 5.82 Å². The predicted molar refractivity (Wildman–Crippen MR) is 111 cm³/mol. The molecule has 1 fully saturated rings. The molecule has 1 aromatic rings. The van der Waals surface area contributed by atoms with Crippen molar-refractivity contribution in [1.29, 1.82) is 0 Å². The largest absolute Gasteiger partial charge is 0.347 e. The summed E-state index contributed by atoms with van der Waals surface area (Å²) in [7, 11) is -1.58. The van der Waals surface area contributed by atoms with E-state index in [4.69, 9.17) is 0 Å². The van der Waals surface area contributed by atoms with Crippen LogP contribution in [0.3, 0.4) is 0 Å². The lowest BCUT2D eigenvalue weighted by Crippen LogP contribution is -2.57. The van der Waals surface area contributed by atoms with E-state index in [9.17, 15) is 17.6 Å². The van der Waals surface area contributed by atoms with Crippen molar-refractivity contribution < 1.29 is 17.6 Å². The van der Waals surface area contributed by atoms with E-state index in [2.05, 4.69) is 15.6 Å². The van der Waals surface area contributed by atoms with Crippen LogP contribution in [0.15, 0.2) is 29.3 Å². The molecule has 146 valence electrons. The highest BCUT2D eigenvalue weighted by Crippen LogP contribution is 2.23. The number of hydrogen-bond donors (Lipinski definition) is 2. The molecule has 0 aliphatic carbocycles. The number of carbonyl (C=O) groups excluding carboxylic acids is 1. The minimum Gasteiger partial charge on any atom is -0.347 e. The summed E-state index contributed by atoms with van der Waals surface area (Å²) in [6.07, 6.45) is 0. The summed E-state index contributed by atoms with van der Waals surface area (Å²) in [6.45, 7) is 3.90. The zero-order chi connectivity index (χ0) is 18.7. The molecule has 2 N–H and O–H groups in total. The third kappa shape index (κ3) is 5.53. The van der Waals surface area contributed by atoms with E-state index in [0.29, 0.717) is 24.7 Å². The van der Waals surface area contributed by atoms with E-state index in [0.717, 1.165) is 0 Å². The van der Waals surface area contributed by atoms with Crippen LogP contribution in [0, 0.1) is 5.82 Å². The van der Waals surface area contributed by atoms with Crippen molar-refractivity contribution >= 4 is 51.4 Å². The molecule has 1 aliphatic rings. The van der Waals surface area contributed by atoms with Gasteiger partial charge < -0.3 is 15.5 Å². The number of benzene rings is 1. The molecule has 0 aromatic heterocycles. The van der Waals surface area contributed by atoms with Gasteiger partial charge in [0.25, 0.3) is 0 Å². The number of halogens is 2. The van der Waals surface area contributed by atoms with Crippen molar-refractivity contribution in [1.82, 2.24) is 10.2 Å². The van der Waals surface area contributed by atoms with Gasteiger partial charge >= 0.3 is 0 Å². The Kier molecular flexibility index (Phi) is 7.81. The van der Waals surface area contributed by atoms with Crippen LogP contribution >= 0.6 is 24.0 Å². The molecule has 0 spiro atoms. The van der Waals surface area contributed by atoms with Crippen LogP contribution in [0.2, 0.25) is 0 Å². The Morgan fingerprint density at radius 3 is 2.65 bits per heavy atom. The molecule has 1 heterocycles. The van der Waals surface area contributed by atoms with Crippen molar-refractivity contribution in [3.05, 3.63) is 30.1 Å². The highest BCUT2D eigenvalue weighted by Gasteiger charge is 2.40. The summed E-state index contributed by atoms with van der Waals surface area (Å²) >= 11 is 0. The zero-order valence-electron chi connectivity index (χ0n) is 15.0. The maximum atomic E-state index is 13.1. The van der Waals surface area contributed by atoms with E-state index >= 15 is 0 Å². The van der Waals surface area contributed by atoms with Gasteiger partial charge in [0.15, 0.2) is 15.8 Å². The number of aliphatic imine (C=N–C) groups is 1. The van der Waals surface area contributed by atoms with Gasteiger partial charge in [0.2, 0.25) is 5.91 Å². The van der Waals surface area contributed by atoms with Crippen molar-refractivity contribution in [3.8, 4) is 0 Å². The van der Waals surface area contributed by atoms with Gasteiger partial charge in [0, 0.05) is 25.8 Å². The summed E-state index contributed by atoms with van der Waals surface area (Å²) in [4.78, 5) is 17.9. The second-order valence-corrected chi connectivity index (χ2v) is 9.20. The Morgan fingerprint density at radius 2 is 2.08 bits per heavy atom. The van der Waals surface area contributed by atoms with Crippen LogP contribution in [0.5, 0.6) is 0 Å². The van der Waals surface area contributed by atoms with Gasteiger partial charge in [0.05, 0.1) is 17.0 Å². The van der Waals surface area contributed by atoms with Crippen LogP contribution in [0.4, 0.5) is 10.1 Å². The molecule has 0 saturated carbocycles. The second-order valence-electron chi connectivity index (χ2n) is 6.46. The average molecular weight is 498 g/mol. The van der Waals surface area contributed by atoms with E-state index in [1.165, 1.54) is 18.2 Å². The molecule has 0 atom stereocenters. The number of guanidine groups is 1. The summed E-state index contributed by atoms with van der Waals surface area (Å²) in [6, 6.07) is 5.62. The van der Waals surface area contributed by atoms with Crippen LogP contribution < -0.4 is 10.6 Å². The fourth-order valence-electron chi connectivity index (χ4n) is 2.59. The SMILES string of the molecule is CN=C(NCC(=O)Nc1cccc(F)c1)N1CCS(=O)(=O)C(C)(C)C1.I. The van der Waals surface area contributed by atoms with Crippen molar-refractivity contribution in [3.63, 3.8) is 0 Å². The molecule has 0 radical (unpaired) electrons. The second kappa shape index (κ2) is 8.98. The number of hydrogen-bond acceptors (Lipinski definition) is 4. The topological polar surface area (TPSA) is 90.9 Å². The minimum absolute atomic E-state index is 0. The Hall–Kier alpha value is -1.43. The Labute approximate surface area is 170 Å². The van der Waals surface area contributed by atoms with Gasteiger partial charge in [-0.15, -0.1) is 24.0 Å². The third-order valence-corrected chi connectivity index (χ3v) is 6.60. The van der Waals surface area contributed by atoms with Gasteiger partial charge in [-0.25, -0.2) is 12.8 Å². The lowest BCUT2D eigenvalue weighted by Gasteiger charge is -2.39. The molecule has 2 rings (SSSR count). The lowest BCUT2D eigenvalue weighted by molar-refractivity contribution is -0.115. The van der Waals surface area contributed by atoms with E-state index < -0.39 is 20.4 Å². The maximum Gasteiger partial charge on any atom is 0.243 e. The highest BCUT2D eigenvalue weighted by molar-refractivity contribution is 14.0. The first-order valence-electron chi connectivity index (χ1n) is 7.88. The average Bonchev–Trinajstić information content (AvgIpc) is 2.51. The fourth-order valence-corrected chi connectivity index (χ4v) is 3.95. The summed E-state index contributed by atoms with van der Waals surface area (Å²) in [5, 5.41) is 5.50. The zero-order valence-corrected chi connectivity index (χ0v) is 18.1. The molecule has 7 nitrogen and oxygen atoms in total. The number of anilines is 1. The Bertz CT molecular complexity index is 783. The van der Waals surface area contributed by atoms with Gasteiger partial charge in [-0.2, -0.15) is 0 Å². The molecule has 10 heteroatoms. The number of sulfone groups is 1. The van der Waals surface area contributed by atoms with Crippen LogP contribution in [0.25, 0.3) is 0 Å². The van der Waals surface area contributed by atoms with Crippen LogP contribution in [-0.2, 0) is 14.6 Å². The molecule has 26 heavy (non-hydrogen) atoms. The normalized spacial score (nSPS) is 18.6. The van der Waals surface area contributed by atoms with Crippen LogP contribution in [0.1, 0.15) is 13.8 Å². The number of rotatable bonds is 3. The summed E-state index contributed by atoms with van der Waals surface area (Å²) < 4.78 is 36.4. The molecule has 1 aromatic carbocycles. The van der Waals surface area contributed by atoms with Crippen molar-refractivity contribution in [2.45, 2.75) is 18.6 Å². The summed E-state index contributed by atoms with van der Waals surface area (Å²) in [5.74, 6) is -0.290. The number of nitrogens with one attached hydrogen (secondary N) is 2. The maximum absolute atomic E-state index is 13.1. The first-order chi connectivity index (χ1) is 11.6. The van der Waals surface area contributed by atoms with Crippen LogP contribution in [-0.4, -0.2) is 62.4 Å². The van der Waals surface area contributed by atoms with Gasteiger partial charge in [-0.1, -0.05) is 6.07 Å². The number of carbonyl (C=O) groups is 1. The first kappa shape index (κ1) is 22.6. The van der Waals surface area contributed by atoms with E-state index in [-0.39, 0.29) is 42.2 Å². The highest BCUT2D eigenvalue weighted by atomic mass is 127. The number of amides is 1. The van der Waals surface area contributed by atoms with Gasteiger partial charge in [-0.05, 0) is 32.0 Å². The Balaban J connectivity index is 0.00000338. The quantitative estimate of drug-likeness (QED) is 0.374. The van der Waals surface area contributed by atoms with E-state index in [1.54, 1.807) is 27.0 Å². The predicted octanol–water partition coefficient (Wildman–Crippen LogP) is 1.47. The minimum atomic E-state index is -3.15. The smallest absolute Gasteiger partial charge is 0.243 e. The molecule has 0 bridgehead atoms. The lowest BCUT2D eigenvalue weighted by atomic mass is 10.2. The van der Waals surface area contributed by atoms with Crippen molar-refractivity contribution in [2.24, 2.45) is 4.99 Å². The molecular weight excluding hydrogens is 474 g/mol.